The van der Waals surface area contributed by atoms with Crippen LogP contribution in [0, 0.1) is 0 Å². The number of fused-ring (bicyclic) bond motifs is 2. The molecule has 1 amide bonds. The molecule has 4 aromatic carbocycles. The van der Waals surface area contributed by atoms with Crippen LogP contribution in [-0.2, 0) is 5.41 Å². The fraction of sp³-hybridized carbons (Fsp3) is 0.138. The standard InChI is InChI=1S/C29H24ClN3O2S/c1-29(2,3)18-12-10-17(11-13-18)26(34)33-28(36)31-19-14-15-25-24(16-19)32-27(35-25)22-8-4-7-21-20(22)6-5-9-23(21)30/h4-16H,1-3H3,(H2,31,33,34,36). The molecule has 5 aromatic rings. The Kier molecular flexibility index (Phi) is 6.24. The highest BCUT2D eigenvalue weighted by Crippen LogP contribution is 2.34. The number of rotatable bonds is 3. The molecule has 0 atom stereocenters. The lowest BCUT2D eigenvalue weighted by atomic mass is 9.87. The van der Waals surface area contributed by atoms with Gasteiger partial charge in [0.2, 0.25) is 5.89 Å². The van der Waals surface area contributed by atoms with Gasteiger partial charge in [0.15, 0.2) is 10.7 Å². The lowest BCUT2D eigenvalue weighted by molar-refractivity contribution is 0.0977. The van der Waals surface area contributed by atoms with Crippen molar-refractivity contribution >= 4 is 62.4 Å². The summed E-state index contributed by atoms with van der Waals surface area (Å²) < 4.78 is 6.03. The summed E-state index contributed by atoms with van der Waals surface area (Å²) in [6, 6.07) is 24.7. The van der Waals surface area contributed by atoms with Crippen molar-refractivity contribution in [1.29, 1.82) is 0 Å². The van der Waals surface area contributed by atoms with Crippen LogP contribution in [0.15, 0.2) is 83.3 Å². The second-order valence-corrected chi connectivity index (χ2v) is 10.4. The Labute approximate surface area is 219 Å². The van der Waals surface area contributed by atoms with E-state index in [1.165, 1.54) is 0 Å². The minimum absolute atomic E-state index is 0.0200. The predicted molar refractivity (Wildman–Crippen MR) is 151 cm³/mol. The number of halogens is 1. The number of benzene rings is 4. The van der Waals surface area contributed by atoms with Crippen molar-refractivity contribution in [3.05, 3.63) is 95.0 Å². The van der Waals surface area contributed by atoms with E-state index in [0.29, 0.717) is 33.3 Å². The van der Waals surface area contributed by atoms with Crippen molar-refractivity contribution in [3.63, 3.8) is 0 Å². The van der Waals surface area contributed by atoms with Crippen LogP contribution in [0.3, 0.4) is 0 Å². The van der Waals surface area contributed by atoms with Gasteiger partial charge in [-0.2, -0.15) is 0 Å². The van der Waals surface area contributed by atoms with E-state index in [-0.39, 0.29) is 16.4 Å². The van der Waals surface area contributed by atoms with Gasteiger partial charge >= 0.3 is 0 Å². The zero-order valence-electron chi connectivity index (χ0n) is 20.1. The fourth-order valence-corrected chi connectivity index (χ4v) is 4.49. The highest BCUT2D eigenvalue weighted by atomic mass is 35.5. The number of hydrogen-bond donors (Lipinski definition) is 2. The van der Waals surface area contributed by atoms with Crippen LogP contribution in [0.1, 0.15) is 36.7 Å². The van der Waals surface area contributed by atoms with Gasteiger partial charge in [-0.1, -0.05) is 68.8 Å². The highest BCUT2D eigenvalue weighted by Gasteiger charge is 2.16. The molecule has 0 aliphatic rings. The van der Waals surface area contributed by atoms with Gasteiger partial charge in [0.25, 0.3) is 5.91 Å². The van der Waals surface area contributed by atoms with Gasteiger partial charge in [-0.15, -0.1) is 0 Å². The Morgan fingerprint density at radius 3 is 2.42 bits per heavy atom. The van der Waals surface area contributed by atoms with E-state index in [4.69, 9.17) is 28.2 Å². The Morgan fingerprint density at radius 1 is 0.944 bits per heavy atom. The predicted octanol–water partition coefficient (Wildman–Crippen LogP) is 7.73. The number of hydrogen-bond acceptors (Lipinski definition) is 4. The minimum Gasteiger partial charge on any atom is -0.436 e. The number of aromatic nitrogens is 1. The second-order valence-electron chi connectivity index (χ2n) is 9.58. The zero-order chi connectivity index (χ0) is 25.4. The summed E-state index contributed by atoms with van der Waals surface area (Å²) in [7, 11) is 0. The number of carbonyl (C=O) groups excluding carboxylic acids is 1. The van der Waals surface area contributed by atoms with Crippen LogP contribution < -0.4 is 10.6 Å². The van der Waals surface area contributed by atoms with Crippen molar-refractivity contribution in [2.45, 2.75) is 26.2 Å². The van der Waals surface area contributed by atoms with Crippen molar-refractivity contribution in [1.82, 2.24) is 10.3 Å². The molecular weight excluding hydrogens is 490 g/mol. The summed E-state index contributed by atoms with van der Waals surface area (Å²) in [6.07, 6.45) is 0. The molecule has 5 nitrogen and oxygen atoms in total. The number of carbonyl (C=O) groups is 1. The maximum absolute atomic E-state index is 12.6. The van der Waals surface area contributed by atoms with E-state index >= 15 is 0 Å². The lowest BCUT2D eigenvalue weighted by Gasteiger charge is -2.19. The van der Waals surface area contributed by atoms with E-state index in [1.807, 2.05) is 78.9 Å². The van der Waals surface area contributed by atoms with E-state index in [9.17, 15) is 4.79 Å². The van der Waals surface area contributed by atoms with E-state index in [2.05, 4.69) is 36.4 Å². The molecule has 0 aliphatic heterocycles. The average molecular weight is 514 g/mol. The Bertz CT molecular complexity index is 1620. The second kappa shape index (κ2) is 9.37. The first-order valence-corrected chi connectivity index (χ1v) is 12.3. The summed E-state index contributed by atoms with van der Waals surface area (Å²) >= 11 is 11.7. The molecule has 7 heteroatoms. The topological polar surface area (TPSA) is 67.2 Å². The zero-order valence-corrected chi connectivity index (χ0v) is 21.6. The molecule has 0 saturated carbocycles. The van der Waals surface area contributed by atoms with Gasteiger partial charge in [-0.3, -0.25) is 10.1 Å². The monoisotopic (exact) mass is 513 g/mol. The molecule has 1 heterocycles. The van der Waals surface area contributed by atoms with Crippen LogP contribution in [0.2, 0.25) is 5.02 Å². The van der Waals surface area contributed by atoms with Crippen molar-refractivity contribution in [2.24, 2.45) is 0 Å². The van der Waals surface area contributed by atoms with Crippen molar-refractivity contribution in [3.8, 4) is 11.5 Å². The Balaban J connectivity index is 1.33. The molecule has 0 radical (unpaired) electrons. The summed E-state index contributed by atoms with van der Waals surface area (Å²) in [6.45, 7) is 6.40. The molecule has 0 aliphatic carbocycles. The summed E-state index contributed by atoms with van der Waals surface area (Å²) in [5.74, 6) is 0.233. The number of oxazole rings is 1. The molecule has 0 bridgehead atoms. The first kappa shape index (κ1) is 24.0. The number of thiocarbonyl (C=S) groups is 1. The van der Waals surface area contributed by atoms with Crippen LogP contribution in [-0.4, -0.2) is 16.0 Å². The molecule has 36 heavy (non-hydrogen) atoms. The number of anilines is 1. The third kappa shape index (κ3) is 4.83. The summed E-state index contributed by atoms with van der Waals surface area (Å²) in [4.78, 5) is 17.3. The highest BCUT2D eigenvalue weighted by molar-refractivity contribution is 7.80. The van der Waals surface area contributed by atoms with Gasteiger partial charge < -0.3 is 9.73 Å². The Hall–Kier alpha value is -3.74. The summed E-state index contributed by atoms with van der Waals surface area (Å²) in [5, 5.41) is 8.58. The normalized spacial score (nSPS) is 11.6. The molecule has 0 saturated heterocycles. The molecule has 2 N–H and O–H groups in total. The van der Waals surface area contributed by atoms with Crippen molar-refractivity contribution in [2.75, 3.05) is 5.32 Å². The smallest absolute Gasteiger partial charge is 0.257 e. The maximum atomic E-state index is 12.6. The third-order valence-electron chi connectivity index (χ3n) is 5.98. The van der Waals surface area contributed by atoms with Gasteiger partial charge in [0.05, 0.1) is 0 Å². The van der Waals surface area contributed by atoms with Crippen molar-refractivity contribution < 1.29 is 9.21 Å². The molecule has 0 unspecified atom stereocenters. The quantitative estimate of drug-likeness (QED) is 0.242. The summed E-state index contributed by atoms with van der Waals surface area (Å²) in [5.41, 5.74) is 4.58. The maximum Gasteiger partial charge on any atom is 0.257 e. The van der Waals surface area contributed by atoms with Gasteiger partial charge in [-0.25, -0.2) is 4.98 Å². The van der Waals surface area contributed by atoms with Gasteiger partial charge in [0.1, 0.15) is 5.52 Å². The molecule has 180 valence electrons. The number of nitrogens with one attached hydrogen (secondary N) is 2. The molecule has 0 fully saturated rings. The fourth-order valence-electron chi connectivity index (χ4n) is 4.04. The molecule has 1 aromatic heterocycles. The van der Waals surface area contributed by atoms with Crippen LogP contribution in [0.25, 0.3) is 33.3 Å². The first-order chi connectivity index (χ1) is 17.2. The lowest BCUT2D eigenvalue weighted by Crippen LogP contribution is -2.34. The average Bonchev–Trinajstić information content (AvgIpc) is 3.27. The SMILES string of the molecule is CC(C)(C)c1ccc(C(=O)NC(=S)Nc2ccc3oc(-c4cccc5c(Cl)cccc45)nc3c2)cc1. The van der Waals surface area contributed by atoms with E-state index < -0.39 is 0 Å². The van der Waals surface area contributed by atoms with Crippen LogP contribution in [0.5, 0.6) is 0 Å². The van der Waals surface area contributed by atoms with E-state index in [1.54, 1.807) is 0 Å². The number of amides is 1. The Morgan fingerprint density at radius 2 is 1.67 bits per heavy atom. The van der Waals surface area contributed by atoms with Crippen LogP contribution in [0.4, 0.5) is 5.69 Å². The minimum atomic E-state index is -0.271. The third-order valence-corrected chi connectivity index (χ3v) is 6.52. The number of nitrogens with zero attached hydrogens (tertiary/aromatic N) is 1. The molecule has 0 spiro atoms. The molecule has 5 rings (SSSR count). The van der Waals surface area contributed by atoms with Crippen LogP contribution >= 0.6 is 23.8 Å². The largest absolute Gasteiger partial charge is 0.436 e. The van der Waals surface area contributed by atoms with Gasteiger partial charge in [0, 0.05) is 27.2 Å². The molecular formula is C29H24ClN3O2S. The van der Waals surface area contributed by atoms with E-state index in [0.717, 1.165) is 21.9 Å². The van der Waals surface area contributed by atoms with Gasteiger partial charge in [-0.05, 0) is 71.0 Å². The first-order valence-electron chi connectivity index (χ1n) is 11.5.